The Hall–Kier alpha value is -2.00. The molecule has 0 unspecified atom stereocenters. The zero-order valence-corrected chi connectivity index (χ0v) is 14.2. The monoisotopic (exact) mass is 336 g/mol. The predicted octanol–water partition coefficient (Wildman–Crippen LogP) is 0.441. The summed E-state index contributed by atoms with van der Waals surface area (Å²) in [5.41, 5.74) is 0. The number of imidazole rings is 1. The number of nitrogens with zero attached hydrogens (tertiary/aromatic N) is 6. The largest absolute Gasteiger partial charge is 0.352 e. The summed E-state index contributed by atoms with van der Waals surface area (Å²) < 4.78 is 26.9. The molecule has 124 valence electrons. The molecule has 23 heavy (non-hydrogen) atoms. The van der Waals surface area contributed by atoms with Crippen molar-refractivity contribution in [1.82, 2.24) is 23.8 Å². The van der Waals surface area contributed by atoms with E-state index in [1.807, 2.05) is 24.6 Å². The highest BCUT2D eigenvalue weighted by atomic mass is 32.2. The van der Waals surface area contributed by atoms with E-state index in [0.29, 0.717) is 25.5 Å². The Morgan fingerprint density at radius 3 is 2.57 bits per heavy atom. The number of hydrogen-bond donors (Lipinski definition) is 0. The standard InChI is InChI=1S/C14H20N6O2S/c1-11-10-18(6-7-20(11)23(3,21)22)13-8-15-9-14(17-13)19-5-4-16-12(19)2/h4-5,8-9,11H,6-7,10H2,1-3H3/t11-/m0/s1. The first kappa shape index (κ1) is 15.9. The Bertz CT molecular complexity index is 803. The summed E-state index contributed by atoms with van der Waals surface area (Å²) in [5, 5.41) is 0. The summed E-state index contributed by atoms with van der Waals surface area (Å²) in [6.07, 6.45) is 8.21. The van der Waals surface area contributed by atoms with Gasteiger partial charge in [-0.25, -0.2) is 18.4 Å². The van der Waals surface area contributed by atoms with Gasteiger partial charge in [-0.3, -0.25) is 9.55 Å². The van der Waals surface area contributed by atoms with Crippen molar-refractivity contribution in [1.29, 1.82) is 0 Å². The van der Waals surface area contributed by atoms with Crippen molar-refractivity contribution in [2.24, 2.45) is 0 Å². The molecular formula is C14H20N6O2S. The van der Waals surface area contributed by atoms with Crippen molar-refractivity contribution in [2.45, 2.75) is 19.9 Å². The molecule has 3 heterocycles. The highest BCUT2D eigenvalue weighted by Crippen LogP contribution is 2.19. The van der Waals surface area contributed by atoms with Gasteiger partial charge in [-0.15, -0.1) is 0 Å². The quantitative estimate of drug-likeness (QED) is 0.809. The first-order valence-electron chi connectivity index (χ1n) is 7.40. The smallest absolute Gasteiger partial charge is 0.211 e. The van der Waals surface area contributed by atoms with Crippen LogP contribution in [-0.2, 0) is 10.0 Å². The van der Waals surface area contributed by atoms with Gasteiger partial charge < -0.3 is 4.90 Å². The highest BCUT2D eigenvalue weighted by molar-refractivity contribution is 7.88. The number of anilines is 1. The van der Waals surface area contributed by atoms with Crippen molar-refractivity contribution >= 4 is 15.8 Å². The lowest BCUT2D eigenvalue weighted by Crippen LogP contribution is -2.53. The first-order chi connectivity index (χ1) is 10.9. The molecule has 0 spiro atoms. The second kappa shape index (κ2) is 5.89. The van der Waals surface area contributed by atoms with Crippen molar-refractivity contribution in [3.05, 3.63) is 30.6 Å². The van der Waals surface area contributed by atoms with Crippen LogP contribution in [0.4, 0.5) is 5.82 Å². The molecule has 0 radical (unpaired) electrons. The molecule has 0 aromatic carbocycles. The second-order valence-electron chi connectivity index (χ2n) is 5.75. The molecule has 1 atom stereocenters. The van der Waals surface area contributed by atoms with Gasteiger partial charge in [-0.1, -0.05) is 0 Å². The predicted molar refractivity (Wildman–Crippen MR) is 87.1 cm³/mol. The molecule has 0 aliphatic carbocycles. The Labute approximate surface area is 135 Å². The lowest BCUT2D eigenvalue weighted by molar-refractivity contribution is 0.308. The lowest BCUT2D eigenvalue weighted by Gasteiger charge is -2.38. The average molecular weight is 336 g/mol. The van der Waals surface area contributed by atoms with Crippen LogP contribution in [0.15, 0.2) is 24.8 Å². The molecule has 9 heteroatoms. The number of hydrogen-bond acceptors (Lipinski definition) is 6. The van der Waals surface area contributed by atoms with E-state index in [1.165, 1.54) is 10.6 Å². The van der Waals surface area contributed by atoms with Crippen molar-refractivity contribution in [3.8, 4) is 5.82 Å². The number of rotatable bonds is 3. The molecule has 1 aliphatic rings. The van der Waals surface area contributed by atoms with E-state index in [0.717, 1.165) is 11.6 Å². The third-order valence-electron chi connectivity index (χ3n) is 4.00. The summed E-state index contributed by atoms with van der Waals surface area (Å²) >= 11 is 0. The van der Waals surface area contributed by atoms with E-state index in [9.17, 15) is 8.42 Å². The fourth-order valence-electron chi connectivity index (χ4n) is 2.88. The lowest BCUT2D eigenvalue weighted by atomic mass is 10.2. The molecule has 0 bridgehead atoms. The molecule has 1 fully saturated rings. The maximum atomic E-state index is 11.8. The highest BCUT2D eigenvalue weighted by Gasteiger charge is 2.30. The third kappa shape index (κ3) is 3.20. The molecule has 1 saturated heterocycles. The molecule has 0 N–H and O–H groups in total. The Morgan fingerprint density at radius 1 is 1.22 bits per heavy atom. The number of sulfonamides is 1. The van der Waals surface area contributed by atoms with Crippen LogP contribution < -0.4 is 4.90 Å². The van der Waals surface area contributed by atoms with Gasteiger partial charge in [0.1, 0.15) is 11.6 Å². The maximum Gasteiger partial charge on any atom is 0.211 e. The van der Waals surface area contributed by atoms with Crippen LogP contribution in [0, 0.1) is 6.92 Å². The van der Waals surface area contributed by atoms with Crippen molar-refractivity contribution in [3.63, 3.8) is 0 Å². The van der Waals surface area contributed by atoms with E-state index in [1.54, 1.807) is 18.6 Å². The Morgan fingerprint density at radius 2 is 1.96 bits per heavy atom. The van der Waals surface area contributed by atoms with E-state index < -0.39 is 10.0 Å². The zero-order valence-electron chi connectivity index (χ0n) is 13.4. The summed E-state index contributed by atoms with van der Waals surface area (Å²) in [7, 11) is -3.17. The SMILES string of the molecule is Cc1nccn1-c1cncc(N2CCN(S(C)(=O)=O)[C@@H](C)C2)n1. The van der Waals surface area contributed by atoms with Crippen LogP contribution in [0.2, 0.25) is 0 Å². The first-order valence-corrected chi connectivity index (χ1v) is 9.25. The minimum absolute atomic E-state index is 0.0980. The normalized spacial score (nSPS) is 20.0. The maximum absolute atomic E-state index is 11.8. The van der Waals surface area contributed by atoms with Gasteiger partial charge in [0.25, 0.3) is 0 Å². The minimum atomic E-state index is -3.17. The van der Waals surface area contributed by atoms with Crippen molar-refractivity contribution < 1.29 is 8.42 Å². The number of piperazine rings is 1. The fourth-order valence-corrected chi connectivity index (χ4v) is 4.01. The van der Waals surface area contributed by atoms with Gasteiger partial charge in [0.15, 0.2) is 5.82 Å². The fraction of sp³-hybridized carbons (Fsp3) is 0.500. The van der Waals surface area contributed by atoms with Gasteiger partial charge >= 0.3 is 0 Å². The van der Waals surface area contributed by atoms with E-state index in [4.69, 9.17) is 0 Å². The van der Waals surface area contributed by atoms with Crippen LogP contribution >= 0.6 is 0 Å². The molecule has 3 rings (SSSR count). The molecule has 8 nitrogen and oxygen atoms in total. The third-order valence-corrected chi connectivity index (χ3v) is 5.39. The summed E-state index contributed by atoms with van der Waals surface area (Å²) in [6.45, 7) is 5.45. The van der Waals surface area contributed by atoms with Gasteiger partial charge in [-0.05, 0) is 13.8 Å². The Kier molecular flexibility index (Phi) is 4.07. The molecule has 0 saturated carbocycles. The topological polar surface area (TPSA) is 84.2 Å². The molecule has 0 amide bonds. The summed E-state index contributed by atoms with van der Waals surface area (Å²) in [6, 6.07) is -0.0980. The van der Waals surface area contributed by atoms with E-state index >= 15 is 0 Å². The summed E-state index contributed by atoms with van der Waals surface area (Å²) in [5.74, 6) is 2.29. The van der Waals surface area contributed by atoms with Crippen LogP contribution in [-0.4, -0.2) is 64.2 Å². The van der Waals surface area contributed by atoms with E-state index in [-0.39, 0.29) is 6.04 Å². The molecule has 1 aliphatic heterocycles. The zero-order chi connectivity index (χ0) is 16.6. The van der Waals surface area contributed by atoms with Crippen molar-refractivity contribution in [2.75, 3.05) is 30.8 Å². The van der Waals surface area contributed by atoms with Gasteiger partial charge in [0.2, 0.25) is 10.0 Å². The number of aromatic nitrogens is 4. The average Bonchev–Trinajstić information content (AvgIpc) is 2.92. The molecular weight excluding hydrogens is 316 g/mol. The van der Waals surface area contributed by atoms with E-state index in [2.05, 4.69) is 19.9 Å². The van der Waals surface area contributed by atoms with Gasteiger partial charge in [0.05, 0.1) is 18.6 Å². The minimum Gasteiger partial charge on any atom is -0.352 e. The second-order valence-corrected chi connectivity index (χ2v) is 7.68. The Balaban J connectivity index is 1.83. The molecule has 2 aromatic rings. The molecule has 2 aromatic heterocycles. The number of aryl methyl sites for hydroxylation is 1. The van der Waals surface area contributed by atoms with Crippen LogP contribution in [0.25, 0.3) is 5.82 Å². The summed E-state index contributed by atoms with van der Waals surface area (Å²) in [4.78, 5) is 15.2. The van der Waals surface area contributed by atoms with Crippen LogP contribution in [0.3, 0.4) is 0 Å². The van der Waals surface area contributed by atoms with Crippen LogP contribution in [0.5, 0.6) is 0 Å². The van der Waals surface area contributed by atoms with Gasteiger partial charge in [0, 0.05) is 38.1 Å². The van der Waals surface area contributed by atoms with Crippen LogP contribution in [0.1, 0.15) is 12.7 Å². The van der Waals surface area contributed by atoms with Gasteiger partial charge in [-0.2, -0.15) is 4.31 Å².